The second-order valence-electron chi connectivity index (χ2n) is 5.78. The highest BCUT2D eigenvalue weighted by Gasteiger charge is 1.99. The van der Waals surface area contributed by atoms with Crippen molar-refractivity contribution < 1.29 is 9.47 Å². The molecular formula is C16H36N4O2. The van der Waals surface area contributed by atoms with Crippen molar-refractivity contribution in [3.05, 3.63) is 0 Å². The number of hydrogen-bond acceptors (Lipinski definition) is 4. The van der Waals surface area contributed by atoms with E-state index in [4.69, 9.17) is 9.47 Å². The molecule has 0 amide bonds. The largest absolute Gasteiger partial charge is 0.383 e. The molecular weight excluding hydrogens is 280 g/mol. The van der Waals surface area contributed by atoms with Gasteiger partial charge in [0, 0.05) is 39.9 Å². The van der Waals surface area contributed by atoms with Crippen molar-refractivity contribution in [2.75, 3.05) is 66.7 Å². The molecule has 0 atom stereocenters. The predicted molar refractivity (Wildman–Crippen MR) is 93.6 cm³/mol. The van der Waals surface area contributed by atoms with E-state index < -0.39 is 0 Å². The first-order valence-electron chi connectivity index (χ1n) is 8.37. The summed E-state index contributed by atoms with van der Waals surface area (Å²) >= 11 is 0. The van der Waals surface area contributed by atoms with Crippen LogP contribution in [-0.2, 0) is 9.47 Å². The normalized spacial score (nSPS) is 12.2. The Morgan fingerprint density at radius 3 is 2.55 bits per heavy atom. The smallest absolute Gasteiger partial charge is 0.191 e. The topological polar surface area (TPSA) is 58.1 Å². The molecule has 0 fully saturated rings. The molecule has 2 N–H and O–H groups in total. The van der Waals surface area contributed by atoms with Crippen LogP contribution in [0.3, 0.4) is 0 Å². The molecule has 0 saturated heterocycles. The Morgan fingerprint density at radius 2 is 1.91 bits per heavy atom. The second-order valence-corrected chi connectivity index (χ2v) is 5.78. The lowest BCUT2D eigenvalue weighted by molar-refractivity contribution is 0.128. The number of nitrogens with zero attached hydrogens (tertiary/aromatic N) is 2. The monoisotopic (exact) mass is 316 g/mol. The first-order chi connectivity index (χ1) is 10.6. The second kappa shape index (κ2) is 15.1. The molecule has 0 spiro atoms. The summed E-state index contributed by atoms with van der Waals surface area (Å²) in [6.45, 7) is 13.1. The van der Waals surface area contributed by atoms with Gasteiger partial charge in [0.1, 0.15) is 0 Å². The van der Waals surface area contributed by atoms with Gasteiger partial charge in [0.2, 0.25) is 0 Å². The predicted octanol–water partition coefficient (Wildman–Crippen LogP) is 1.18. The minimum Gasteiger partial charge on any atom is -0.383 e. The molecule has 0 heterocycles. The molecule has 0 aliphatic carbocycles. The van der Waals surface area contributed by atoms with Crippen LogP contribution in [0.1, 0.15) is 27.2 Å². The van der Waals surface area contributed by atoms with E-state index in [2.05, 4.69) is 48.3 Å². The highest BCUT2D eigenvalue weighted by atomic mass is 16.5. The summed E-state index contributed by atoms with van der Waals surface area (Å²) in [5.74, 6) is 1.55. The fraction of sp³-hybridized carbons (Fsp3) is 0.938. The molecule has 0 aromatic rings. The van der Waals surface area contributed by atoms with Gasteiger partial charge in [-0.3, -0.25) is 4.99 Å². The lowest BCUT2D eigenvalue weighted by atomic mass is 10.1. The van der Waals surface area contributed by atoms with Gasteiger partial charge >= 0.3 is 0 Å². The fourth-order valence-corrected chi connectivity index (χ4v) is 1.70. The highest BCUT2D eigenvalue weighted by Crippen LogP contribution is 1.98. The third kappa shape index (κ3) is 14.1. The van der Waals surface area contributed by atoms with E-state index >= 15 is 0 Å². The Labute approximate surface area is 136 Å². The third-order valence-electron chi connectivity index (χ3n) is 3.15. The van der Waals surface area contributed by atoms with Gasteiger partial charge in [0.05, 0.1) is 19.8 Å². The quantitative estimate of drug-likeness (QED) is 0.304. The van der Waals surface area contributed by atoms with Gasteiger partial charge in [0.15, 0.2) is 5.96 Å². The molecule has 0 aliphatic heterocycles. The van der Waals surface area contributed by atoms with Crippen molar-refractivity contribution in [1.82, 2.24) is 15.5 Å². The number of nitrogens with one attached hydrogen (secondary N) is 2. The van der Waals surface area contributed by atoms with E-state index in [1.807, 2.05) is 0 Å². The van der Waals surface area contributed by atoms with Gasteiger partial charge in [-0.15, -0.1) is 0 Å². The Morgan fingerprint density at radius 1 is 1.14 bits per heavy atom. The summed E-state index contributed by atoms with van der Waals surface area (Å²) < 4.78 is 10.7. The van der Waals surface area contributed by atoms with Gasteiger partial charge in [-0.05, 0) is 26.3 Å². The lowest BCUT2D eigenvalue weighted by Crippen LogP contribution is -2.39. The van der Waals surface area contributed by atoms with Crippen LogP contribution in [0.15, 0.2) is 4.99 Å². The van der Waals surface area contributed by atoms with E-state index in [9.17, 15) is 0 Å². The first kappa shape index (κ1) is 21.1. The Hall–Kier alpha value is -0.850. The van der Waals surface area contributed by atoms with Crippen molar-refractivity contribution >= 4 is 5.96 Å². The van der Waals surface area contributed by atoms with E-state index in [1.54, 1.807) is 7.11 Å². The summed E-state index contributed by atoms with van der Waals surface area (Å²) in [7, 11) is 3.81. The van der Waals surface area contributed by atoms with E-state index in [-0.39, 0.29) is 0 Å². The number of guanidine groups is 1. The van der Waals surface area contributed by atoms with Crippen LogP contribution in [0.4, 0.5) is 0 Å². The summed E-state index contributed by atoms with van der Waals surface area (Å²) in [5, 5.41) is 6.55. The van der Waals surface area contributed by atoms with Crippen molar-refractivity contribution in [2.24, 2.45) is 10.9 Å². The minimum atomic E-state index is 0.696. The van der Waals surface area contributed by atoms with Gasteiger partial charge in [-0.1, -0.05) is 13.8 Å². The zero-order chi connectivity index (χ0) is 16.6. The molecule has 0 aromatic heterocycles. The maximum Gasteiger partial charge on any atom is 0.191 e. The molecule has 0 aromatic carbocycles. The van der Waals surface area contributed by atoms with Crippen LogP contribution < -0.4 is 10.6 Å². The average molecular weight is 316 g/mol. The number of methoxy groups -OCH3 is 1. The van der Waals surface area contributed by atoms with Crippen molar-refractivity contribution in [2.45, 2.75) is 27.2 Å². The van der Waals surface area contributed by atoms with E-state index in [0.717, 1.165) is 58.3 Å². The lowest BCUT2D eigenvalue weighted by Gasteiger charge is -2.15. The SMILES string of the molecule is CCNC(=NCCN(C)CCOC)NCCOCCC(C)C. The first-order valence-corrected chi connectivity index (χ1v) is 8.37. The minimum absolute atomic E-state index is 0.696. The number of rotatable bonds is 13. The van der Waals surface area contributed by atoms with Crippen LogP contribution in [-0.4, -0.2) is 77.6 Å². The number of ether oxygens (including phenoxy) is 2. The Bertz CT molecular complexity index is 273. The average Bonchev–Trinajstić information content (AvgIpc) is 2.48. The van der Waals surface area contributed by atoms with Crippen LogP contribution in [0.5, 0.6) is 0 Å². The molecule has 6 nitrogen and oxygen atoms in total. The maximum absolute atomic E-state index is 5.59. The Balaban J connectivity index is 3.81. The highest BCUT2D eigenvalue weighted by molar-refractivity contribution is 5.79. The van der Waals surface area contributed by atoms with Crippen LogP contribution in [0.25, 0.3) is 0 Å². The third-order valence-corrected chi connectivity index (χ3v) is 3.15. The van der Waals surface area contributed by atoms with Gasteiger partial charge in [-0.2, -0.15) is 0 Å². The Kier molecular flexibility index (Phi) is 14.5. The van der Waals surface area contributed by atoms with E-state index in [0.29, 0.717) is 12.5 Å². The molecule has 0 bridgehead atoms. The summed E-state index contributed by atoms with van der Waals surface area (Å²) in [4.78, 5) is 6.78. The molecule has 132 valence electrons. The van der Waals surface area contributed by atoms with Gasteiger partial charge in [0.25, 0.3) is 0 Å². The number of likely N-dealkylation sites (N-methyl/N-ethyl adjacent to an activating group) is 1. The molecule has 0 aliphatic rings. The van der Waals surface area contributed by atoms with Crippen molar-refractivity contribution in [3.8, 4) is 0 Å². The number of hydrogen-bond donors (Lipinski definition) is 2. The van der Waals surface area contributed by atoms with Crippen LogP contribution in [0.2, 0.25) is 0 Å². The molecule has 0 unspecified atom stereocenters. The van der Waals surface area contributed by atoms with Crippen molar-refractivity contribution in [1.29, 1.82) is 0 Å². The zero-order valence-corrected chi connectivity index (χ0v) is 15.2. The molecule has 0 radical (unpaired) electrons. The standard InChI is InChI=1S/C16H36N4O2/c1-6-17-16(18-8-10-20(4)11-14-21-5)19-9-13-22-12-7-15(2)3/h15H,6-14H2,1-5H3,(H2,17,18,19). The van der Waals surface area contributed by atoms with Gasteiger partial charge < -0.3 is 25.0 Å². The van der Waals surface area contributed by atoms with Gasteiger partial charge in [-0.25, -0.2) is 0 Å². The number of aliphatic imine (C=N–C) groups is 1. The van der Waals surface area contributed by atoms with Crippen LogP contribution >= 0.6 is 0 Å². The van der Waals surface area contributed by atoms with Crippen molar-refractivity contribution in [3.63, 3.8) is 0 Å². The maximum atomic E-state index is 5.59. The molecule has 6 heteroatoms. The summed E-state index contributed by atoms with van der Waals surface area (Å²) in [6, 6.07) is 0. The van der Waals surface area contributed by atoms with E-state index in [1.165, 1.54) is 0 Å². The molecule has 0 saturated carbocycles. The summed E-state index contributed by atoms with van der Waals surface area (Å²) in [6.07, 6.45) is 1.11. The zero-order valence-electron chi connectivity index (χ0n) is 15.2. The molecule has 0 rings (SSSR count). The summed E-state index contributed by atoms with van der Waals surface area (Å²) in [5.41, 5.74) is 0. The molecule has 22 heavy (non-hydrogen) atoms. The van der Waals surface area contributed by atoms with Crippen LogP contribution in [0, 0.1) is 5.92 Å². The fourth-order valence-electron chi connectivity index (χ4n) is 1.70.